The Morgan fingerprint density at radius 1 is 1.50 bits per heavy atom. The van der Waals surface area contributed by atoms with Crippen molar-refractivity contribution >= 4 is 12.0 Å². The standard InChI is InChI=1S/C11H15N5O2/c1-15-10(17)13-5-11(15)6-16(7-11)9-12-4-3-8(14-9)18-2/h3-4H,5-7H2,1-2H3,(H,13,17). The molecule has 0 saturated carbocycles. The summed E-state index contributed by atoms with van der Waals surface area (Å²) >= 11 is 0. The SMILES string of the molecule is COc1ccnc(N2CC3(CNC(=O)N3C)C2)n1. The summed E-state index contributed by atoms with van der Waals surface area (Å²) in [5.74, 6) is 1.20. The molecule has 7 heteroatoms. The number of ether oxygens (including phenoxy) is 1. The van der Waals surface area contributed by atoms with E-state index in [-0.39, 0.29) is 11.6 Å². The van der Waals surface area contributed by atoms with Crippen LogP contribution in [0.3, 0.4) is 0 Å². The van der Waals surface area contributed by atoms with Gasteiger partial charge in [-0.05, 0) is 0 Å². The molecule has 1 spiro atoms. The molecule has 18 heavy (non-hydrogen) atoms. The van der Waals surface area contributed by atoms with E-state index in [0.29, 0.717) is 18.4 Å². The summed E-state index contributed by atoms with van der Waals surface area (Å²) in [6.07, 6.45) is 1.67. The molecule has 2 amide bonds. The molecular weight excluding hydrogens is 234 g/mol. The third kappa shape index (κ3) is 1.47. The van der Waals surface area contributed by atoms with Crippen LogP contribution in [0.4, 0.5) is 10.7 Å². The summed E-state index contributed by atoms with van der Waals surface area (Å²) in [6, 6.07) is 1.70. The zero-order chi connectivity index (χ0) is 12.8. The van der Waals surface area contributed by atoms with E-state index < -0.39 is 0 Å². The van der Waals surface area contributed by atoms with Crippen molar-refractivity contribution in [2.75, 3.05) is 38.7 Å². The summed E-state index contributed by atoms with van der Waals surface area (Å²) in [5.41, 5.74) is -0.108. The summed E-state index contributed by atoms with van der Waals surface area (Å²) in [5, 5.41) is 2.85. The van der Waals surface area contributed by atoms with Crippen molar-refractivity contribution in [3.63, 3.8) is 0 Å². The highest BCUT2D eigenvalue weighted by Gasteiger charge is 2.52. The summed E-state index contributed by atoms with van der Waals surface area (Å²) in [7, 11) is 3.41. The number of anilines is 1. The minimum atomic E-state index is -0.108. The molecule has 0 radical (unpaired) electrons. The number of nitrogens with zero attached hydrogens (tertiary/aromatic N) is 4. The Balaban J connectivity index is 1.73. The Labute approximate surface area is 105 Å². The van der Waals surface area contributed by atoms with Gasteiger partial charge in [-0.2, -0.15) is 4.98 Å². The van der Waals surface area contributed by atoms with E-state index in [1.54, 1.807) is 24.3 Å². The van der Waals surface area contributed by atoms with Crippen LogP contribution in [0.15, 0.2) is 12.3 Å². The van der Waals surface area contributed by atoms with Gasteiger partial charge in [0, 0.05) is 38.9 Å². The highest BCUT2D eigenvalue weighted by atomic mass is 16.5. The monoisotopic (exact) mass is 249 g/mol. The molecule has 3 heterocycles. The molecule has 3 rings (SSSR count). The average Bonchev–Trinajstić information content (AvgIpc) is 2.65. The van der Waals surface area contributed by atoms with Crippen LogP contribution in [0.2, 0.25) is 0 Å². The Hall–Kier alpha value is -2.05. The lowest BCUT2D eigenvalue weighted by molar-refractivity contribution is 0.150. The number of hydrogen-bond acceptors (Lipinski definition) is 5. The quantitative estimate of drug-likeness (QED) is 0.779. The number of nitrogens with one attached hydrogen (secondary N) is 1. The molecule has 0 unspecified atom stereocenters. The van der Waals surface area contributed by atoms with E-state index in [2.05, 4.69) is 15.3 Å². The van der Waals surface area contributed by atoms with Gasteiger partial charge in [0.15, 0.2) is 0 Å². The molecule has 2 saturated heterocycles. The fourth-order valence-corrected chi connectivity index (χ4v) is 2.42. The predicted octanol–water partition coefficient (Wildman–Crippen LogP) is -0.301. The normalized spacial score (nSPS) is 20.9. The summed E-state index contributed by atoms with van der Waals surface area (Å²) < 4.78 is 5.07. The van der Waals surface area contributed by atoms with Crippen LogP contribution in [0.5, 0.6) is 5.88 Å². The van der Waals surface area contributed by atoms with Crippen molar-refractivity contribution in [3.05, 3.63) is 12.3 Å². The molecule has 0 atom stereocenters. The Morgan fingerprint density at radius 2 is 2.28 bits per heavy atom. The van der Waals surface area contributed by atoms with Gasteiger partial charge in [-0.25, -0.2) is 9.78 Å². The minimum Gasteiger partial charge on any atom is -0.481 e. The molecule has 96 valence electrons. The fraction of sp³-hybridized carbons (Fsp3) is 0.545. The van der Waals surface area contributed by atoms with Crippen molar-refractivity contribution in [2.45, 2.75) is 5.54 Å². The van der Waals surface area contributed by atoms with E-state index in [1.165, 1.54) is 0 Å². The van der Waals surface area contributed by atoms with Crippen molar-refractivity contribution in [2.24, 2.45) is 0 Å². The van der Waals surface area contributed by atoms with Crippen molar-refractivity contribution in [3.8, 4) is 5.88 Å². The third-order valence-corrected chi connectivity index (χ3v) is 3.66. The number of urea groups is 1. The van der Waals surface area contributed by atoms with Crippen LogP contribution in [0, 0.1) is 0 Å². The number of carbonyl (C=O) groups is 1. The van der Waals surface area contributed by atoms with Crippen LogP contribution in [0.1, 0.15) is 0 Å². The van der Waals surface area contributed by atoms with Gasteiger partial charge < -0.3 is 19.9 Å². The first-order valence-corrected chi connectivity index (χ1v) is 5.78. The number of amides is 2. The summed E-state index contributed by atoms with van der Waals surface area (Å²) in [4.78, 5) is 23.8. The summed E-state index contributed by atoms with van der Waals surface area (Å²) in [6.45, 7) is 2.17. The lowest BCUT2D eigenvalue weighted by Crippen LogP contribution is -2.69. The zero-order valence-electron chi connectivity index (χ0n) is 10.4. The fourth-order valence-electron chi connectivity index (χ4n) is 2.42. The number of rotatable bonds is 2. The number of methoxy groups -OCH3 is 1. The van der Waals surface area contributed by atoms with Crippen molar-refractivity contribution in [1.82, 2.24) is 20.2 Å². The topological polar surface area (TPSA) is 70.6 Å². The van der Waals surface area contributed by atoms with Crippen molar-refractivity contribution < 1.29 is 9.53 Å². The molecule has 1 aromatic heterocycles. The second-order valence-electron chi connectivity index (χ2n) is 4.70. The molecular formula is C11H15N5O2. The maximum absolute atomic E-state index is 11.5. The molecule has 2 fully saturated rings. The van der Waals surface area contributed by atoms with Crippen LogP contribution in [-0.4, -0.2) is 60.2 Å². The van der Waals surface area contributed by atoms with E-state index >= 15 is 0 Å². The highest BCUT2D eigenvalue weighted by molar-refractivity contribution is 5.78. The largest absolute Gasteiger partial charge is 0.481 e. The molecule has 0 aliphatic carbocycles. The Morgan fingerprint density at radius 3 is 2.89 bits per heavy atom. The molecule has 0 bridgehead atoms. The second kappa shape index (κ2) is 3.72. The highest BCUT2D eigenvalue weighted by Crippen LogP contribution is 2.32. The predicted molar refractivity (Wildman–Crippen MR) is 64.7 cm³/mol. The van der Waals surface area contributed by atoms with Crippen LogP contribution < -0.4 is 15.0 Å². The maximum Gasteiger partial charge on any atom is 0.317 e. The van der Waals surface area contributed by atoms with E-state index in [4.69, 9.17) is 4.74 Å². The molecule has 7 nitrogen and oxygen atoms in total. The number of carbonyl (C=O) groups excluding carboxylic acids is 1. The number of aromatic nitrogens is 2. The first-order valence-electron chi connectivity index (χ1n) is 5.78. The van der Waals surface area contributed by atoms with Gasteiger partial charge in [-0.3, -0.25) is 0 Å². The molecule has 2 aliphatic heterocycles. The lowest BCUT2D eigenvalue weighted by atomic mass is 9.90. The third-order valence-electron chi connectivity index (χ3n) is 3.66. The van der Waals surface area contributed by atoms with Gasteiger partial charge in [0.05, 0.1) is 12.6 Å². The number of likely N-dealkylation sites (N-methyl/N-ethyl adjacent to an activating group) is 1. The zero-order valence-corrected chi connectivity index (χ0v) is 10.4. The smallest absolute Gasteiger partial charge is 0.317 e. The first-order chi connectivity index (χ1) is 8.64. The molecule has 0 aromatic carbocycles. The number of hydrogen-bond donors (Lipinski definition) is 1. The van der Waals surface area contributed by atoms with Crippen LogP contribution >= 0.6 is 0 Å². The molecule has 1 aromatic rings. The van der Waals surface area contributed by atoms with Gasteiger partial charge >= 0.3 is 6.03 Å². The minimum absolute atomic E-state index is 0.0128. The van der Waals surface area contributed by atoms with Gasteiger partial charge in [-0.15, -0.1) is 0 Å². The average molecular weight is 249 g/mol. The van der Waals surface area contributed by atoms with E-state index in [1.807, 2.05) is 11.9 Å². The van der Waals surface area contributed by atoms with Gasteiger partial charge in [0.2, 0.25) is 11.8 Å². The second-order valence-corrected chi connectivity index (χ2v) is 4.70. The Kier molecular flexibility index (Phi) is 2.29. The van der Waals surface area contributed by atoms with Gasteiger partial charge in [-0.1, -0.05) is 0 Å². The van der Waals surface area contributed by atoms with Crippen molar-refractivity contribution in [1.29, 1.82) is 0 Å². The van der Waals surface area contributed by atoms with E-state index in [0.717, 1.165) is 13.1 Å². The van der Waals surface area contributed by atoms with Gasteiger partial charge in [0.1, 0.15) is 0 Å². The van der Waals surface area contributed by atoms with Crippen LogP contribution in [-0.2, 0) is 0 Å². The first kappa shape index (κ1) is 11.1. The molecule has 2 aliphatic rings. The van der Waals surface area contributed by atoms with Gasteiger partial charge in [0.25, 0.3) is 0 Å². The lowest BCUT2D eigenvalue weighted by Gasteiger charge is -2.50. The van der Waals surface area contributed by atoms with E-state index in [9.17, 15) is 4.79 Å². The Bertz CT molecular complexity index is 486. The van der Waals surface area contributed by atoms with Crippen LogP contribution in [0.25, 0.3) is 0 Å². The molecule has 1 N–H and O–H groups in total. The maximum atomic E-state index is 11.5.